The summed E-state index contributed by atoms with van der Waals surface area (Å²) in [7, 11) is 0. The lowest BCUT2D eigenvalue weighted by atomic mass is 10.1. The van der Waals surface area contributed by atoms with Crippen LogP contribution in [0.3, 0.4) is 0 Å². The summed E-state index contributed by atoms with van der Waals surface area (Å²) in [5.41, 5.74) is 0.698. The number of benzene rings is 2. The van der Waals surface area contributed by atoms with Gasteiger partial charge in [0.15, 0.2) is 5.75 Å². The summed E-state index contributed by atoms with van der Waals surface area (Å²) in [6, 6.07) is 10.2. The topological polar surface area (TPSA) is 38.3 Å². The molecule has 0 bridgehead atoms. The molecule has 0 fully saturated rings. The van der Waals surface area contributed by atoms with Gasteiger partial charge in [0.25, 0.3) is 5.91 Å². The zero-order valence-electron chi connectivity index (χ0n) is 9.79. The molecule has 2 aromatic rings. The molecule has 7 heteroatoms. The third-order valence-corrected chi connectivity index (χ3v) is 3.87. The van der Waals surface area contributed by atoms with Crippen molar-refractivity contribution in [1.82, 2.24) is 0 Å². The Balaban J connectivity index is 2.40. The highest BCUT2D eigenvalue weighted by molar-refractivity contribution is 6.49. The molecule has 0 aromatic heterocycles. The van der Waals surface area contributed by atoms with Gasteiger partial charge in [-0.2, -0.15) is 0 Å². The Morgan fingerprint density at radius 2 is 1.70 bits per heavy atom. The minimum Gasteiger partial charge on any atom is -0.383 e. The summed E-state index contributed by atoms with van der Waals surface area (Å²) in [4.78, 5) is 12.2. The molecule has 2 rings (SSSR count). The van der Waals surface area contributed by atoms with Gasteiger partial charge in [0, 0.05) is 5.69 Å². The molecule has 1 amide bonds. The molecule has 0 saturated heterocycles. The Morgan fingerprint density at radius 3 is 2.30 bits per heavy atom. The van der Waals surface area contributed by atoms with Crippen molar-refractivity contribution < 1.29 is 9.08 Å². The minimum absolute atomic E-state index is 0.0209. The number of hydrogen-bond donors (Lipinski definition) is 1. The lowest BCUT2D eigenvalue weighted by Gasteiger charge is -2.11. The first-order valence-corrected chi connectivity index (χ1v) is 6.81. The first kappa shape index (κ1) is 15.3. The molecule has 0 aliphatic carbocycles. The number of carbonyl (C=O) groups is 1. The van der Waals surface area contributed by atoms with Crippen LogP contribution >= 0.6 is 46.7 Å². The van der Waals surface area contributed by atoms with Gasteiger partial charge >= 0.3 is 0 Å². The van der Waals surface area contributed by atoms with E-state index < -0.39 is 5.91 Å². The zero-order valence-corrected chi connectivity index (χ0v) is 12.8. The molecule has 0 spiro atoms. The third-order valence-electron chi connectivity index (χ3n) is 2.47. The van der Waals surface area contributed by atoms with Crippen LogP contribution in [-0.4, -0.2) is 5.91 Å². The first-order chi connectivity index (χ1) is 9.54. The Bertz CT molecular complexity index is 647. The average Bonchev–Trinajstić information content (AvgIpc) is 2.45. The molecule has 0 radical (unpaired) electrons. The normalized spacial score (nSPS) is 10.2. The molecule has 0 atom stereocenters. The van der Waals surface area contributed by atoms with Crippen LogP contribution in [0.4, 0.5) is 5.69 Å². The first-order valence-electron chi connectivity index (χ1n) is 5.37. The second kappa shape index (κ2) is 6.55. The molecule has 104 valence electrons. The SMILES string of the molecule is O=C(Nc1ccccc1)c1cc(Cl)c(Cl)c(Cl)c1OCl. The Morgan fingerprint density at radius 1 is 1.05 bits per heavy atom. The van der Waals surface area contributed by atoms with Gasteiger partial charge in [-0.15, -0.1) is 0 Å². The van der Waals surface area contributed by atoms with E-state index in [9.17, 15) is 4.79 Å². The van der Waals surface area contributed by atoms with Gasteiger partial charge in [0.05, 0.1) is 15.6 Å². The second-order valence-electron chi connectivity index (χ2n) is 3.76. The molecule has 0 aliphatic rings. The van der Waals surface area contributed by atoms with E-state index in [1.165, 1.54) is 6.07 Å². The maximum Gasteiger partial charge on any atom is 0.259 e. The van der Waals surface area contributed by atoms with Crippen LogP contribution in [-0.2, 0) is 0 Å². The van der Waals surface area contributed by atoms with Crippen molar-refractivity contribution in [3.8, 4) is 5.75 Å². The number of hydrogen-bond acceptors (Lipinski definition) is 2. The van der Waals surface area contributed by atoms with Gasteiger partial charge < -0.3 is 9.61 Å². The van der Waals surface area contributed by atoms with Gasteiger partial charge in [-0.05, 0) is 18.2 Å². The van der Waals surface area contributed by atoms with E-state index in [0.29, 0.717) is 5.69 Å². The van der Waals surface area contributed by atoms with Gasteiger partial charge in [-0.25, -0.2) is 0 Å². The van der Waals surface area contributed by atoms with Crippen molar-refractivity contribution in [3.05, 3.63) is 57.0 Å². The largest absolute Gasteiger partial charge is 0.383 e. The highest BCUT2D eigenvalue weighted by Crippen LogP contribution is 2.40. The molecular weight excluding hydrogens is 344 g/mol. The fraction of sp³-hybridized carbons (Fsp3) is 0. The van der Waals surface area contributed by atoms with E-state index in [0.717, 1.165) is 0 Å². The van der Waals surface area contributed by atoms with Gasteiger partial charge in [0.2, 0.25) is 0 Å². The molecule has 0 heterocycles. The highest BCUT2D eigenvalue weighted by Gasteiger charge is 2.21. The Hall–Kier alpha value is -1.13. The van der Waals surface area contributed by atoms with Crippen molar-refractivity contribution in [3.63, 3.8) is 0 Å². The zero-order chi connectivity index (χ0) is 14.7. The minimum atomic E-state index is -0.465. The van der Waals surface area contributed by atoms with Gasteiger partial charge in [-0.1, -0.05) is 53.0 Å². The van der Waals surface area contributed by atoms with E-state index in [1.807, 2.05) is 6.07 Å². The Kier molecular flexibility index (Phi) is 5.00. The highest BCUT2D eigenvalue weighted by atomic mass is 35.5. The number of carbonyl (C=O) groups excluding carboxylic acids is 1. The molecule has 0 aliphatic heterocycles. The van der Waals surface area contributed by atoms with Crippen LogP contribution in [0.25, 0.3) is 0 Å². The summed E-state index contributed by atoms with van der Waals surface area (Å²) < 4.78 is 4.61. The van der Waals surface area contributed by atoms with Crippen molar-refractivity contribution in [2.24, 2.45) is 0 Å². The standard InChI is InChI=1S/C13H7Cl4NO2/c14-9-6-8(12(20-17)11(16)10(9)15)13(19)18-7-4-2-1-3-5-7/h1-6H,(H,18,19). The summed E-state index contributed by atoms with van der Waals surface area (Å²) in [5, 5.41) is 2.85. The number of rotatable bonds is 3. The van der Waals surface area contributed by atoms with Crippen LogP contribution in [0.5, 0.6) is 5.75 Å². The Labute approximate surface area is 135 Å². The number of para-hydroxylation sites is 1. The summed E-state index contributed by atoms with van der Waals surface area (Å²) in [6.07, 6.45) is 0. The summed E-state index contributed by atoms with van der Waals surface area (Å²) in [6.45, 7) is 0. The molecule has 20 heavy (non-hydrogen) atoms. The van der Waals surface area contributed by atoms with Crippen LogP contribution in [0.1, 0.15) is 10.4 Å². The molecular formula is C13H7Cl4NO2. The van der Waals surface area contributed by atoms with Crippen LogP contribution in [0.15, 0.2) is 36.4 Å². The second-order valence-corrected chi connectivity index (χ2v) is 5.08. The predicted molar refractivity (Wildman–Crippen MR) is 82.3 cm³/mol. The molecule has 0 saturated carbocycles. The van der Waals surface area contributed by atoms with E-state index in [-0.39, 0.29) is 26.4 Å². The van der Waals surface area contributed by atoms with Gasteiger partial charge in [0.1, 0.15) is 16.9 Å². The monoisotopic (exact) mass is 349 g/mol. The summed E-state index contributed by atoms with van der Waals surface area (Å²) in [5.74, 6) is -0.511. The van der Waals surface area contributed by atoms with E-state index in [1.54, 1.807) is 24.3 Å². The van der Waals surface area contributed by atoms with Crippen molar-refractivity contribution in [2.45, 2.75) is 0 Å². The van der Waals surface area contributed by atoms with Crippen molar-refractivity contribution in [1.29, 1.82) is 0 Å². The van der Waals surface area contributed by atoms with E-state index in [4.69, 9.17) is 46.7 Å². The lowest BCUT2D eigenvalue weighted by Crippen LogP contribution is -2.13. The maximum atomic E-state index is 12.2. The van der Waals surface area contributed by atoms with Crippen molar-refractivity contribution >= 4 is 58.3 Å². The molecule has 1 N–H and O–H groups in total. The van der Waals surface area contributed by atoms with Gasteiger partial charge in [-0.3, -0.25) is 4.79 Å². The molecule has 2 aromatic carbocycles. The van der Waals surface area contributed by atoms with Crippen LogP contribution < -0.4 is 9.61 Å². The summed E-state index contributed by atoms with van der Waals surface area (Å²) >= 11 is 23.1. The number of amides is 1. The number of halogens is 4. The molecule has 3 nitrogen and oxygen atoms in total. The molecule has 0 unspecified atom stereocenters. The quantitative estimate of drug-likeness (QED) is 0.749. The number of nitrogens with one attached hydrogen (secondary N) is 1. The number of anilines is 1. The fourth-order valence-electron chi connectivity index (χ4n) is 1.54. The third kappa shape index (κ3) is 3.13. The van der Waals surface area contributed by atoms with Crippen LogP contribution in [0, 0.1) is 0 Å². The maximum absolute atomic E-state index is 12.2. The van der Waals surface area contributed by atoms with E-state index in [2.05, 4.69) is 9.61 Å². The average molecular weight is 351 g/mol. The smallest absolute Gasteiger partial charge is 0.259 e. The van der Waals surface area contributed by atoms with Crippen LogP contribution in [0.2, 0.25) is 15.1 Å². The fourth-order valence-corrected chi connectivity index (χ4v) is 2.38. The van der Waals surface area contributed by atoms with E-state index >= 15 is 0 Å². The van der Waals surface area contributed by atoms with Crippen molar-refractivity contribution in [2.75, 3.05) is 5.32 Å². The predicted octanol–water partition coefficient (Wildman–Crippen LogP) is 5.43. The lowest BCUT2D eigenvalue weighted by molar-refractivity contribution is 0.102.